The van der Waals surface area contributed by atoms with Crippen molar-refractivity contribution in [3.05, 3.63) is 41.8 Å². The Balaban J connectivity index is 2.31. The number of hydrogen-bond donors (Lipinski definition) is 1. The van der Waals surface area contributed by atoms with Gasteiger partial charge in [0.15, 0.2) is 6.61 Å². The van der Waals surface area contributed by atoms with Gasteiger partial charge in [-0.1, -0.05) is 13.0 Å². The molecule has 0 aliphatic heterocycles. The van der Waals surface area contributed by atoms with Crippen LogP contribution in [0.3, 0.4) is 0 Å². The number of carbonyl (C=O) groups is 1. The Morgan fingerprint density at radius 1 is 1.47 bits per heavy atom. The summed E-state index contributed by atoms with van der Waals surface area (Å²) in [5.74, 6) is -1.22. The van der Waals surface area contributed by atoms with Gasteiger partial charge >= 0.3 is 5.97 Å². The maximum absolute atomic E-state index is 13.2. The Labute approximate surface area is 109 Å². The summed E-state index contributed by atoms with van der Waals surface area (Å²) in [7, 11) is 0. The molecule has 19 heavy (non-hydrogen) atoms. The largest absolute Gasteiger partial charge is 0.479 e. The van der Waals surface area contributed by atoms with Gasteiger partial charge in [-0.2, -0.15) is 0 Å². The second-order valence-electron chi connectivity index (χ2n) is 3.90. The average molecular weight is 264 g/mol. The summed E-state index contributed by atoms with van der Waals surface area (Å²) in [6.45, 7) is 1.47. The van der Waals surface area contributed by atoms with Crippen LogP contribution in [0.2, 0.25) is 0 Å². The minimum absolute atomic E-state index is 0.212. The molecule has 5 nitrogen and oxygen atoms in total. The molecule has 0 amide bonds. The molecule has 0 radical (unpaired) electrons. The second-order valence-corrected chi connectivity index (χ2v) is 3.90. The summed E-state index contributed by atoms with van der Waals surface area (Å²) < 4.78 is 19.8. The quantitative estimate of drug-likeness (QED) is 0.897. The lowest BCUT2D eigenvalue weighted by Gasteiger charge is -2.05. The van der Waals surface area contributed by atoms with Gasteiger partial charge in [-0.15, -0.1) is 5.10 Å². The van der Waals surface area contributed by atoms with Gasteiger partial charge in [0.2, 0.25) is 5.88 Å². The van der Waals surface area contributed by atoms with E-state index in [0.717, 1.165) is 5.69 Å². The molecule has 0 fully saturated rings. The van der Waals surface area contributed by atoms with E-state index in [1.165, 1.54) is 12.1 Å². The molecular weight excluding hydrogens is 251 g/mol. The lowest BCUT2D eigenvalue weighted by Crippen LogP contribution is -2.10. The first-order valence-electron chi connectivity index (χ1n) is 5.79. The molecule has 1 N–H and O–H groups in total. The van der Waals surface area contributed by atoms with Crippen molar-refractivity contribution in [2.45, 2.75) is 13.3 Å². The molecule has 0 saturated carbocycles. The van der Waals surface area contributed by atoms with E-state index in [1.807, 2.05) is 6.92 Å². The number of hydrogen-bond acceptors (Lipinski definition) is 3. The second kappa shape index (κ2) is 5.51. The first-order chi connectivity index (χ1) is 9.10. The molecule has 0 unspecified atom stereocenters. The molecule has 2 aromatic rings. The van der Waals surface area contributed by atoms with Crippen LogP contribution in [0.25, 0.3) is 5.69 Å². The van der Waals surface area contributed by atoms with Crippen LogP contribution in [0.1, 0.15) is 12.6 Å². The monoisotopic (exact) mass is 264 g/mol. The van der Waals surface area contributed by atoms with Crippen LogP contribution in [-0.2, 0) is 11.2 Å². The number of benzene rings is 1. The minimum Gasteiger partial charge on any atom is -0.479 e. The van der Waals surface area contributed by atoms with Gasteiger partial charge in [-0.05, 0) is 24.6 Å². The first-order valence-corrected chi connectivity index (χ1v) is 5.79. The molecule has 1 aromatic heterocycles. The summed E-state index contributed by atoms with van der Waals surface area (Å²) in [6, 6.07) is 7.65. The van der Waals surface area contributed by atoms with Crippen LogP contribution in [0.15, 0.2) is 30.3 Å². The third kappa shape index (κ3) is 3.09. The van der Waals surface area contributed by atoms with Gasteiger partial charge in [-0.25, -0.2) is 13.9 Å². The van der Waals surface area contributed by atoms with Crippen molar-refractivity contribution in [1.82, 2.24) is 9.78 Å². The highest BCUT2D eigenvalue weighted by Gasteiger charge is 2.10. The molecule has 0 atom stereocenters. The number of halogens is 1. The number of aliphatic carboxylic acids is 1. The molecule has 0 spiro atoms. The topological polar surface area (TPSA) is 64.3 Å². The van der Waals surface area contributed by atoms with E-state index in [1.54, 1.807) is 22.9 Å². The van der Waals surface area contributed by atoms with Crippen molar-refractivity contribution in [2.24, 2.45) is 0 Å². The Morgan fingerprint density at radius 2 is 2.26 bits per heavy atom. The highest BCUT2D eigenvalue weighted by molar-refractivity contribution is 5.68. The molecule has 100 valence electrons. The summed E-state index contributed by atoms with van der Waals surface area (Å²) in [4.78, 5) is 10.4. The third-order valence-corrected chi connectivity index (χ3v) is 2.52. The highest BCUT2D eigenvalue weighted by Crippen LogP contribution is 2.18. The van der Waals surface area contributed by atoms with Crippen LogP contribution in [0.4, 0.5) is 4.39 Å². The predicted molar refractivity (Wildman–Crippen MR) is 66.0 cm³/mol. The first kappa shape index (κ1) is 13.1. The Hall–Kier alpha value is -2.37. The van der Waals surface area contributed by atoms with E-state index in [9.17, 15) is 9.18 Å². The predicted octanol–water partition coefficient (Wildman–Crippen LogP) is 2.04. The van der Waals surface area contributed by atoms with E-state index in [-0.39, 0.29) is 11.7 Å². The smallest absolute Gasteiger partial charge is 0.341 e. The summed E-state index contributed by atoms with van der Waals surface area (Å²) >= 11 is 0. The summed E-state index contributed by atoms with van der Waals surface area (Å²) in [5, 5.41) is 12.7. The molecule has 1 aromatic carbocycles. The van der Waals surface area contributed by atoms with E-state index < -0.39 is 12.6 Å². The molecule has 0 bridgehead atoms. The number of carboxylic acids is 1. The molecule has 0 aliphatic carbocycles. The number of aromatic nitrogens is 2. The van der Waals surface area contributed by atoms with Gasteiger partial charge in [0.1, 0.15) is 5.82 Å². The zero-order valence-electron chi connectivity index (χ0n) is 10.3. The van der Waals surface area contributed by atoms with Crippen molar-refractivity contribution < 1.29 is 19.0 Å². The number of nitrogens with zero attached hydrogens (tertiary/aromatic N) is 2. The number of carboxylic acid groups (broad SMARTS) is 1. The fraction of sp³-hybridized carbons (Fsp3) is 0.231. The van der Waals surface area contributed by atoms with Crippen LogP contribution < -0.4 is 4.74 Å². The Morgan fingerprint density at radius 3 is 2.89 bits per heavy atom. The van der Waals surface area contributed by atoms with Crippen LogP contribution in [0.5, 0.6) is 5.88 Å². The molecule has 0 saturated heterocycles. The van der Waals surface area contributed by atoms with Crippen molar-refractivity contribution in [3.8, 4) is 11.6 Å². The SMILES string of the molecule is CCc1cc(OCC(=O)O)nn1-c1cccc(F)c1. The van der Waals surface area contributed by atoms with Crippen LogP contribution in [0, 0.1) is 5.82 Å². The highest BCUT2D eigenvalue weighted by atomic mass is 19.1. The lowest BCUT2D eigenvalue weighted by molar-refractivity contribution is -0.139. The van der Waals surface area contributed by atoms with Crippen LogP contribution in [-0.4, -0.2) is 27.5 Å². The summed E-state index contributed by atoms with van der Waals surface area (Å²) in [6.07, 6.45) is 0.667. The zero-order valence-corrected chi connectivity index (χ0v) is 10.3. The molecule has 1 heterocycles. The fourth-order valence-electron chi connectivity index (χ4n) is 1.68. The third-order valence-electron chi connectivity index (χ3n) is 2.52. The Kier molecular flexibility index (Phi) is 3.79. The van der Waals surface area contributed by atoms with Gasteiger partial charge in [0, 0.05) is 11.8 Å². The van der Waals surface area contributed by atoms with Gasteiger partial charge in [-0.3, -0.25) is 0 Å². The van der Waals surface area contributed by atoms with Crippen LogP contribution >= 0.6 is 0 Å². The van der Waals surface area contributed by atoms with Gasteiger partial charge < -0.3 is 9.84 Å². The van der Waals surface area contributed by atoms with Gasteiger partial charge in [0.05, 0.1) is 5.69 Å². The average Bonchev–Trinajstić information content (AvgIpc) is 2.79. The van der Waals surface area contributed by atoms with Crippen molar-refractivity contribution in [2.75, 3.05) is 6.61 Å². The number of ether oxygens (including phenoxy) is 1. The molecule has 0 aliphatic rings. The fourth-order valence-corrected chi connectivity index (χ4v) is 1.68. The maximum atomic E-state index is 13.2. The van der Waals surface area contributed by atoms with E-state index in [0.29, 0.717) is 12.1 Å². The van der Waals surface area contributed by atoms with Gasteiger partial charge in [0.25, 0.3) is 0 Å². The van der Waals surface area contributed by atoms with Crippen molar-refractivity contribution in [3.63, 3.8) is 0 Å². The normalized spacial score (nSPS) is 10.4. The summed E-state index contributed by atoms with van der Waals surface area (Å²) in [5.41, 5.74) is 1.38. The lowest BCUT2D eigenvalue weighted by atomic mass is 10.3. The molecule has 6 heteroatoms. The van der Waals surface area contributed by atoms with Crippen molar-refractivity contribution >= 4 is 5.97 Å². The maximum Gasteiger partial charge on any atom is 0.341 e. The van der Waals surface area contributed by atoms with E-state index in [2.05, 4.69) is 5.10 Å². The Bertz CT molecular complexity index is 595. The van der Waals surface area contributed by atoms with E-state index in [4.69, 9.17) is 9.84 Å². The number of aryl methyl sites for hydroxylation is 1. The molecular formula is C13H13FN2O3. The van der Waals surface area contributed by atoms with Crippen molar-refractivity contribution in [1.29, 1.82) is 0 Å². The minimum atomic E-state index is -1.07. The standard InChI is InChI=1S/C13H13FN2O3/c1-2-10-7-12(19-8-13(17)18)15-16(10)11-5-3-4-9(14)6-11/h3-7H,2,8H2,1H3,(H,17,18). The number of rotatable bonds is 5. The zero-order chi connectivity index (χ0) is 13.8. The molecule has 2 rings (SSSR count). The van der Waals surface area contributed by atoms with E-state index >= 15 is 0 Å².